The number of hydrogen-bond acceptors (Lipinski definition) is 4. The Kier molecular flexibility index (Phi) is 4.76. The van der Waals surface area contributed by atoms with Gasteiger partial charge in [-0.2, -0.15) is 18.3 Å². The Morgan fingerprint density at radius 3 is 2.64 bits per heavy atom. The van der Waals surface area contributed by atoms with Crippen LogP contribution < -0.4 is 0 Å². The van der Waals surface area contributed by atoms with Crippen molar-refractivity contribution in [3.05, 3.63) is 65.4 Å². The highest BCUT2D eigenvalue weighted by molar-refractivity contribution is 7.98. The van der Waals surface area contributed by atoms with E-state index >= 15 is 0 Å². The quantitative estimate of drug-likeness (QED) is 0.308. The summed E-state index contributed by atoms with van der Waals surface area (Å²) in [5.41, 5.74) is 2.10. The molecular formula is C19H12ClF3N4S. The summed E-state index contributed by atoms with van der Waals surface area (Å²) in [5.74, 6) is 0. The van der Waals surface area contributed by atoms with E-state index < -0.39 is 11.7 Å². The molecule has 0 saturated heterocycles. The lowest BCUT2D eigenvalue weighted by Crippen LogP contribution is -2.06. The summed E-state index contributed by atoms with van der Waals surface area (Å²) < 4.78 is 40.6. The second kappa shape index (κ2) is 7.10. The van der Waals surface area contributed by atoms with E-state index in [4.69, 9.17) is 11.6 Å². The molecule has 4 rings (SSSR count). The predicted molar refractivity (Wildman–Crippen MR) is 103 cm³/mol. The molecular weight excluding hydrogens is 409 g/mol. The Hall–Kier alpha value is -2.58. The first-order valence-electron chi connectivity index (χ1n) is 8.10. The van der Waals surface area contributed by atoms with Crippen LogP contribution in [-0.4, -0.2) is 25.8 Å². The minimum absolute atomic E-state index is 0.493. The molecule has 1 aromatic carbocycles. The number of pyridine rings is 1. The van der Waals surface area contributed by atoms with Crippen molar-refractivity contribution < 1.29 is 13.2 Å². The number of alkyl halides is 3. The second-order valence-electron chi connectivity index (χ2n) is 5.91. The highest BCUT2D eigenvalue weighted by Crippen LogP contribution is 2.37. The van der Waals surface area contributed by atoms with E-state index in [2.05, 4.69) is 15.1 Å². The topological polar surface area (TPSA) is 43.1 Å². The summed E-state index contributed by atoms with van der Waals surface area (Å²) in [6.45, 7) is 0. The molecule has 0 unspecified atom stereocenters. The van der Waals surface area contributed by atoms with Gasteiger partial charge in [0.2, 0.25) is 0 Å². The van der Waals surface area contributed by atoms with Gasteiger partial charge in [-0.15, -0.1) is 0 Å². The standard InChI is InChI=1S/C19H12ClF3N4S/c1-28-18-24-8-7-14(25-18)16-15-6-5-12(19(21,22)23)10-27(15)26-17(16)11-3-2-4-13(20)9-11/h2-10H,1H3. The molecule has 0 amide bonds. The molecule has 3 heterocycles. The summed E-state index contributed by atoms with van der Waals surface area (Å²) in [7, 11) is 0. The van der Waals surface area contributed by atoms with Crippen LogP contribution in [0.2, 0.25) is 5.02 Å². The Morgan fingerprint density at radius 2 is 1.93 bits per heavy atom. The number of nitrogens with zero attached hydrogens (tertiary/aromatic N) is 4. The molecule has 3 aromatic heterocycles. The van der Waals surface area contributed by atoms with Crippen molar-refractivity contribution in [1.29, 1.82) is 0 Å². The number of fused-ring (bicyclic) bond motifs is 1. The maximum Gasteiger partial charge on any atom is 0.417 e. The smallest absolute Gasteiger partial charge is 0.239 e. The molecule has 0 aliphatic heterocycles. The third kappa shape index (κ3) is 3.45. The van der Waals surface area contributed by atoms with Crippen LogP contribution in [-0.2, 0) is 6.18 Å². The van der Waals surface area contributed by atoms with Gasteiger partial charge in [-0.1, -0.05) is 35.5 Å². The number of benzene rings is 1. The average molecular weight is 421 g/mol. The highest BCUT2D eigenvalue weighted by atomic mass is 35.5. The minimum Gasteiger partial charge on any atom is -0.239 e. The first-order chi connectivity index (χ1) is 13.4. The molecule has 0 radical (unpaired) electrons. The largest absolute Gasteiger partial charge is 0.417 e. The Labute approximate surface area is 167 Å². The zero-order valence-electron chi connectivity index (χ0n) is 14.4. The van der Waals surface area contributed by atoms with Gasteiger partial charge in [0.15, 0.2) is 5.16 Å². The third-order valence-corrected chi connectivity index (χ3v) is 4.92. The maximum atomic E-state index is 13.1. The first-order valence-corrected chi connectivity index (χ1v) is 9.70. The summed E-state index contributed by atoms with van der Waals surface area (Å²) >= 11 is 7.49. The van der Waals surface area contributed by atoms with Gasteiger partial charge < -0.3 is 0 Å². The van der Waals surface area contributed by atoms with E-state index in [-0.39, 0.29) is 0 Å². The van der Waals surface area contributed by atoms with E-state index in [1.807, 2.05) is 6.26 Å². The van der Waals surface area contributed by atoms with E-state index in [1.54, 1.807) is 36.5 Å². The number of halogens is 4. The van der Waals surface area contributed by atoms with E-state index in [9.17, 15) is 13.2 Å². The monoisotopic (exact) mass is 420 g/mol. The number of thioether (sulfide) groups is 1. The van der Waals surface area contributed by atoms with Gasteiger partial charge in [0.25, 0.3) is 0 Å². The van der Waals surface area contributed by atoms with E-state index in [1.165, 1.54) is 22.3 Å². The minimum atomic E-state index is -4.46. The van der Waals surface area contributed by atoms with Gasteiger partial charge in [-0.3, -0.25) is 0 Å². The number of aromatic nitrogens is 4. The Bertz CT molecular complexity index is 1170. The van der Waals surface area contributed by atoms with Crippen molar-refractivity contribution in [3.63, 3.8) is 0 Å². The van der Waals surface area contributed by atoms with Gasteiger partial charge in [-0.05, 0) is 36.6 Å². The second-order valence-corrected chi connectivity index (χ2v) is 7.12. The van der Waals surface area contributed by atoms with Gasteiger partial charge in [0, 0.05) is 23.0 Å². The third-order valence-electron chi connectivity index (χ3n) is 4.13. The van der Waals surface area contributed by atoms with Crippen LogP contribution in [0, 0.1) is 0 Å². The van der Waals surface area contributed by atoms with Crippen molar-refractivity contribution >= 4 is 28.9 Å². The summed E-state index contributed by atoms with van der Waals surface area (Å²) in [6, 6.07) is 11.2. The Morgan fingerprint density at radius 1 is 1.11 bits per heavy atom. The molecule has 9 heteroatoms. The molecule has 0 N–H and O–H groups in total. The summed E-state index contributed by atoms with van der Waals surface area (Å²) in [6.07, 6.45) is -0.0206. The lowest BCUT2D eigenvalue weighted by molar-refractivity contribution is -0.137. The van der Waals surface area contributed by atoms with E-state index in [0.29, 0.717) is 38.2 Å². The fourth-order valence-electron chi connectivity index (χ4n) is 2.89. The average Bonchev–Trinajstić information content (AvgIpc) is 3.06. The van der Waals surface area contributed by atoms with Gasteiger partial charge >= 0.3 is 6.18 Å². The van der Waals surface area contributed by atoms with Crippen LogP contribution in [0.3, 0.4) is 0 Å². The molecule has 0 saturated carbocycles. The lowest BCUT2D eigenvalue weighted by Gasteiger charge is -2.07. The van der Waals surface area contributed by atoms with Crippen molar-refractivity contribution in [2.24, 2.45) is 0 Å². The zero-order chi connectivity index (χ0) is 19.9. The van der Waals surface area contributed by atoms with Gasteiger partial charge in [0.1, 0.15) is 5.69 Å². The number of rotatable bonds is 3. The molecule has 142 valence electrons. The molecule has 0 bridgehead atoms. The van der Waals surface area contributed by atoms with Crippen LogP contribution in [0.1, 0.15) is 5.56 Å². The highest BCUT2D eigenvalue weighted by Gasteiger charge is 2.31. The molecule has 28 heavy (non-hydrogen) atoms. The van der Waals surface area contributed by atoms with Crippen LogP contribution >= 0.6 is 23.4 Å². The molecule has 0 aliphatic rings. The van der Waals surface area contributed by atoms with Crippen LogP contribution in [0.4, 0.5) is 13.2 Å². The van der Waals surface area contributed by atoms with Crippen LogP contribution in [0.25, 0.3) is 28.0 Å². The fourth-order valence-corrected chi connectivity index (χ4v) is 3.43. The molecule has 0 atom stereocenters. The van der Waals surface area contributed by atoms with Crippen molar-refractivity contribution in [2.45, 2.75) is 11.3 Å². The van der Waals surface area contributed by atoms with E-state index in [0.717, 1.165) is 12.3 Å². The van der Waals surface area contributed by atoms with Crippen molar-refractivity contribution in [2.75, 3.05) is 6.26 Å². The molecule has 4 aromatic rings. The first kappa shape index (κ1) is 18.8. The number of hydrogen-bond donors (Lipinski definition) is 0. The molecule has 0 spiro atoms. The van der Waals surface area contributed by atoms with Crippen molar-refractivity contribution in [3.8, 4) is 22.5 Å². The Balaban J connectivity index is 2.02. The van der Waals surface area contributed by atoms with Crippen LogP contribution in [0.5, 0.6) is 0 Å². The lowest BCUT2D eigenvalue weighted by atomic mass is 10.0. The van der Waals surface area contributed by atoms with Crippen LogP contribution in [0.15, 0.2) is 60.0 Å². The maximum absolute atomic E-state index is 13.1. The summed E-state index contributed by atoms with van der Waals surface area (Å²) in [5, 5.41) is 5.48. The molecule has 0 fully saturated rings. The predicted octanol–water partition coefficient (Wildman–Crippen LogP) is 5.85. The fraction of sp³-hybridized carbons (Fsp3) is 0.105. The molecule has 4 nitrogen and oxygen atoms in total. The molecule has 0 aliphatic carbocycles. The summed E-state index contributed by atoms with van der Waals surface area (Å²) in [4.78, 5) is 8.67. The zero-order valence-corrected chi connectivity index (χ0v) is 16.0. The van der Waals surface area contributed by atoms with Gasteiger partial charge in [-0.25, -0.2) is 14.5 Å². The normalized spacial score (nSPS) is 11.9. The van der Waals surface area contributed by atoms with Gasteiger partial charge in [0.05, 0.1) is 22.3 Å². The van der Waals surface area contributed by atoms with Crippen molar-refractivity contribution in [1.82, 2.24) is 19.6 Å². The SMILES string of the molecule is CSc1nccc(-c2c(-c3cccc(Cl)c3)nn3cc(C(F)(F)F)ccc23)n1.